The number of halogens is 2. The molecule has 21 heavy (non-hydrogen) atoms. The number of aromatic nitrogens is 1. The number of benzene rings is 1. The third-order valence-electron chi connectivity index (χ3n) is 3.74. The van der Waals surface area contributed by atoms with E-state index in [2.05, 4.69) is 4.98 Å². The summed E-state index contributed by atoms with van der Waals surface area (Å²) in [5.41, 5.74) is 6.13. The Bertz CT molecular complexity index is 631. The topological polar surface area (TPSA) is 38.9 Å². The third-order valence-corrected chi connectivity index (χ3v) is 5.10. The van der Waals surface area contributed by atoms with Crippen LogP contribution in [0.1, 0.15) is 25.7 Å². The van der Waals surface area contributed by atoms with Crippen molar-refractivity contribution in [2.24, 2.45) is 0 Å². The summed E-state index contributed by atoms with van der Waals surface area (Å²) >= 11 is 1.70. The van der Waals surface area contributed by atoms with E-state index in [9.17, 15) is 8.78 Å². The fourth-order valence-electron chi connectivity index (χ4n) is 2.61. The number of rotatable bonds is 3. The first kappa shape index (κ1) is 14.3. The molecular formula is C16H16F2N2S. The molecule has 1 heterocycles. The highest BCUT2D eigenvalue weighted by Gasteiger charge is 2.19. The van der Waals surface area contributed by atoms with Gasteiger partial charge in [-0.1, -0.05) is 18.9 Å². The molecule has 5 heteroatoms. The number of nitrogen functional groups attached to an aromatic ring is 1. The average Bonchev–Trinajstić information content (AvgIpc) is 2.98. The fraction of sp³-hybridized carbons (Fsp3) is 0.312. The van der Waals surface area contributed by atoms with Crippen molar-refractivity contribution >= 4 is 17.4 Å². The van der Waals surface area contributed by atoms with Gasteiger partial charge in [-0.25, -0.2) is 13.8 Å². The van der Waals surface area contributed by atoms with Crippen molar-refractivity contribution in [3.8, 4) is 11.1 Å². The molecule has 0 atom stereocenters. The second kappa shape index (κ2) is 6.02. The van der Waals surface area contributed by atoms with Crippen molar-refractivity contribution in [3.05, 3.63) is 42.1 Å². The molecule has 0 radical (unpaired) electrons. The molecule has 0 amide bonds. The zero-order valence-corrected chi connectivity index (χ0v) is 12.3. The molecule has 1 aliphatic carbocycles. The second-order valence-corrected chi connectivity index (χ2v) is 6.52. The van der Waals surface area contributed by atoms with Crippen LogP contribution in [-0.2, 0) is 0 Å². The molecule has 1 aromatic heterocycles. The summed E-state index contributed by atoms with van der Waals surface area (Å²) in [7, 11) is 0. The summed E-state index contributed by atoms with van der Waals surface area (Å²) < 4.78 is 27.3. The van der Waals surface area contributed by atoms with Crippen molar-refractivity contribution in [1.29, 1.82) is 0 Å². The van der Waals surface area contributed by atoms with E-state index in [4.69, 9.17) is 5.73 Å². The molecule has 1 fully saturated rings. The summed E-state index contributed by atoms with van der Waals surface area (Å²) in [6.07, 6.45) is 6.54. The van der Waals surface area contributed by atoms with E-state index in [1.807, 2.05) is 6.07 Å². The second-order valence-electron chi connectivity index (χ2n) is 5.23. The molecule has 0 bridgehead atoms. The SMILES string of the molecule is Nc1c(F)cc(-c2cccnc2SC2CCCC2)cc1F. The molecule has 1 aliphatic rings. The van der Waals surface area contributed by atoms with Crippen LogP contribution in [0.4, 0.5) is 14.5 Å². The summed E-state index contributed by atoms with van der Waals surface area (Å²) in [4.78, 5) is 4.39. The van der Waals surface area contributed by atoms with Crippen LogP contribution in [0, 0.1) is 11.6 Å². The average molecular weight is 306 g/mol. The Morgan fingerprint density at radius 2 is 1.81 bits per heavy atom. The summed E-state index contributed by atoms with van der Waals surface area (Å²) in [5, 5.41) is 1.37. The number of anilines is 1. The van der Waals surface area contributed by atoms with E-state index in [-0.39, 0.29) is 0 Å². The molecule has 1 saturated carbocycles. The molecular weight excluding hydrogens is 290 g/mol. The maximum absolute atomic E-state index is 13.7. The van der Waals surface area contributed by atoms with E-state index >= 15 is 0 Å². The Kier molecular flexibility index (Phi) is 4.10. The highest BCUT2D eigenvalue weighted by Crippen LogP contribution is 2.38. The first-order valence-corrected chi connectivity index (χ1v) is 7.89. The van der Waals surface area contributed by atoms with E-state index in [0.29, 0.717) is 10.8 Å². The van der Waals surface area contributed by atoms with Crippen LogP contribution in [0.2, 0.25) is 0 Å². The first-order chi connectivity index (χ1) is 10.1. The minimum atomic E-state index is -0.731. The molecule has 0 aliphatic heterocycles. The Morgan fingerprint density at radius 1 is 1.14 bits per heavy atom. The lowest BCUT2D eigenvalue weighted by molar-refractivity contribution is 0.592. The lowest BCUT2D eigenvalue weighted by Gasteiger charge is -2.13. The number of nitrogens with two attached hydrogens (primary N) is 1. The van der Waals surface area contributed by atoms with Crippen LogP contribution in [0.5, 0.6) is 0 Å². The van der Waals surface area contributed by atoms with Crippen LogP contribution in [-0.4, -0.2) is 10.2 Å². The van der Waals surface area contributed by atoms with E-state index < -0.39 is 17.3 Å². The highest BCUT2D eigenvalue weighted by molar-refractivity contribution is 8.00. The van der Waals surface area contributed by atoms with Gasteiger partial charge in [0, 0.05) is 17.0 Å². The predicted molar refractivity (Wildman–Crippen MR) is 82.1 cm³/mol. The molecule has 0 unspecified atom stereocenters. The van der Waals surface area contributed by atoms with Crippen molar-refractivity contribution in [3.63, 3.8) is 0 Å². The van der Waals surface area contributed by atoms with Gasteiger partial charge in [-0.05, 0) is 36.6 Å². The maximum atomic E-state index is 13.7. The Labute approximate surface area is 126 Å². The van der Waals surface area contributed by atoms with Gasteiger partial charge in [0.25, 0.3) is 0 Å². The molecule has 3 rings (SSSR count). The monoisotopic (exact) mass is 306 g/mol. The molecule has 0 spiro atoms. The number of hydrogen-bond acceptors (Lipinski definition) is 3. The molecule has 2 aromatic rings. The number of pyridine rings is 1. The number of hydrogen-bond donors (Lipinski definition) is 1. The van der Waals surface area contributed by atoms with Gasteiger partial charge in [-0.15, -0.1) is 11.8 Å². The Hall–Kier alpha value is -1.62. The zero-order valence-electron chi connectivity index (χ0n) is 11.5. The van der Waals surface area contributed by atoms with Crippen molar-refractivity contribution in [1.82, 2.24) is 4.98 Å². The third kappa shape index (κ3) is 3.02. The standard InChI is InChI=1S/C16H16F2N2S/c17-13-8-10(9-14(18)15(13)19)12-6-3-7-20-16(12)21-11-4-1-2-5-11/h3,6-9,11H,1-2,4-5,19H2. The van der Waals surface area contributed by atoms with Gasteiger partial charge < -0.3 is 5.73 Å². The molecule has 1 aromatic carbocycles. The summed E-state index contributed by atoms with van der Waals surface area (Å²) in [6.45, 7) is 0. The smallest absolute Gasteiger partial charge is 0.149 e. The zero-order chi connectivity index (χ0) is 14.8. The van der Waals surface area contributed by atoms with Crippen molar-refractivity contribution < 1.29 is 8.78 Å². The van der Waals surface area contributed by atoms with Gasteiger partial charge in [0.1, 0.15) is 22.3 Å². The normalized spacial score (nSPS) is 15.5. The van der Waals surface area contributed by atoms with Crippen molar-refractivity contribution in [2.45, 2.75) is 36.0 Å². The number of thioether (sulfide) groups is 1. The van der Waals surface area contributed by atoms with Crippen LogP contribution in [0.25, 0.3) is 11.1 Å². The molecule has 0 saturated heterocycles. The van der Waals surface area contributed by atoms with Gasteiger partial charge in [-0.3, -0.25) is 0 Å². The number of nitrogens with zero attached hydrogens (tertiary/aromatic N) is 1. The molecule has 2 N–H and O–H groups in total. The van der Waals surface area contributed by atoms with Gasteiger partial charge in [0.15, 0.2) is 0 Å². The molecule has 110 valence electrons. The van der Waals surface area contributed by atoms with E-state index in [1.54, 1.807) is 24.0 Å². The quantitative estimate of drug-likeness (QED) is 0.839. The first-order valence-electron chi connectivity index (χ1n) is 7.01. The van der Waals surface area contributed by atoms with Gasteiger partial charge in [0.2, 0.25) is 0 Å². The Balaban J connectivity index is 1.98. The molecule has 2 nitrogen and oxygen atoms in total. The lowest BCUT2D eigenvalue weighted by atomic mass is 10.1. The minimum absolute atomic E-state index is 0.437. The Morgan fingerprint density at radius 3 is 2.48 bits per heavy atom. The summed E-state index contributed by atoms with van der Waals surface area (Å²) in [5.74, 6) is -1.46. The summed E-state index contributed by atoms with van der Waals surface area (Å²) in [6, 6.07) is 6.16. The van der Waals surface area contributed by atoms with E-state index in [1.165, 1.54) is 37.8 Å². The maximum Gasteiger partial charge on any atom is 0.149 e. The van der Waals surface area contributed by atoms with Gasteiger partial charge >= 0.3 is 0 Å². The van der Waals surface area contributed by atoms with Crippen LogP contribution in [0.3, 0.4) is 0 Å². The largest absolute Gasteiger partial charge is 0.394 e. The van der Waals surface area contributed by atoms with Gasteiger partial charge in [0.05, 0.1) is 0 Å². The predicted octanol–water partition coefficient (Wildman–Crippen LogP) is 4.64. The highest BCUT2D eigenvalue weighted by atomic mass is 32.2. The van der Waals surface area contributed by atoms with Gasteiger partial charge in [-0.2, -0.15) is 0 Å². The minimum Gasteiger partial charge on any atom is -0.394 e. The fourth-order valence-corrected chi connectivity index (χ4v) is 3.93. The van der Waals surface area contributed by atoms with Crippen LogP contribution in [0.15, 0.2) is 35.5 Å². The van der Waals surface area contributed by atoms with E-state index in [0.717, 1.165) is 10.6 Å². The van der Waals surface area contributed by atoms with Crippen LogP contribution >= 0.6 is 11.8 Å². The van der Waals surface area contributed by atoms with Crippen molar-refractivity contribution in [2.75, 3.05) is 5.73 Å². The van der Waals surface area contributed by atoms with Crippen LogP contribution < -0.4 is 5.73 Å². The lowest BCUT2D eigenvalue weighted by Crippen LogP contribution is -1.99.